The van der Waals surface area contributed by atoms with Crippen LogP contribution in [0.2, 0.25) is 0 Å². The second-order valence-electron chi connectivity index (χ2n) is 3.38. The topological polar surface area (TPSA) is 52.1 Å². The van der Waals surface area contributed by atoms with Crippen molar-refractivity contribution in [3.05, 3.63) is 35.7 Å². The van der Waals surface area contributed by atoms with Gasteiger partial charge >= 0.3 is 5.97 Å². The van der Waals surface area contributed by atoms with Gasteiger partial charge in [0.25, 0.3) is 0 Å². The Morgan fingerprint density at radius 1 is 1.47 bits per heavy atom. The third-order valence-electron chi connectivity index (χ3n) is 2.29. The van der Waals surface area contributed by atoms with Crippen LogP contribution in [0, 0.1) is 0 Å². The second-order valence-corrected chi connectivity index (χ2v) is 3.65. The standard InChI is InChI=1S/C12H11ClN2O2/c1-2-17-12(16)8-6-10-9(4-3-5-14-10)15-11(8)7-13/h3-6H,2,7H2,1H3. The average Bonchev–Trinajstić information content (AvgIpc) is 2.37. The van der Waals surface area contributed by atoms with Crippen LogP contribution < -0.4 is 0 Å². The van der Waals surface area contributed by atoms with E-state index in [1.165, 1.54) is 0 Å². The van der Waals surface area contributed by atoms with Gasteiger partial charge in [0.1, 0.15) is 0 Å². The van der Waals surface area contributed by atoms with Gasteiger partial charge in [-0.2, -0.15) is 0 Å². The van der Waals surface area contributed by atoms with Crippen LogP contribution in [-0.4, -0.2) is 22.5 Å². The summed E-state index contributed by atoms with van der Waals surface area (Å²) >= 11 is 5.79. The highest BCUT2D eigenvalue weighted by Crippen LogP contribution is 2.17. The molecule has 0 amide bonds. The van der Waals surface area contributed by atoms with Gasteiger partial charge in [0, 0.05) is 6.20 Å². The number of nitrogens with zero attached hydrogens (tertiary/aromatic N) is 2. The lowest BCUT2D eigenvalue weighted by atomic mass is 10.1. The number of pyridine rings is 2. The Hall–Kier alpha value is -1.68. The predicted molar refractivity (Wildman–Crippen MR) is 65.1 cm³/mol. The second kappa shape index (κ2) is 5.10. The van der Waals surface area contributed by atoms with Gasteiger partial charge in [0.15, 0.2) is 0 Å². The SMILES string of the molecule is CCOC(=O)c1cc2ncccc2nc1CCl. The number of carbonyl (C=O) groups excluding carboxylic acids is 1. The Labute approximate surface area is 104 Å². The van der Waals surface area contributed by atoms with E-state index in [2.05, 4.69) is 9.97 Å². The number of aromatic nitrogens is 2. The summed E-state index contributed by atoms with van der Waals surface area (Å²) in [6, 6.07) is 5.28. The van der Waals surface area contributed by atoms with Crippen molar-refractivity contribution in [2.45, 2.75) is 12.8 Å². The molecule has 0 saturated carbocycles. The lowest BCUT2D eigenvalue weighted by Crippen LogP contribution is -2.09. The molecule has 4 nitrogen and oxygen atoms in total. The zero-order valence-corrected chi connectivity index (χ0v) is 10.1. The van der Waals surface area contributed by atoms with E-state index in [0.717, 1.165) is 5.52 Å². The number of alkyl halides is 1. The van der Waals surface area contributed by atoms with E-state index >= 15 is 0 Å². The first-order valence-electron chi connectivity index (χ1n) is 5.24. The number of fused-ring (bicyclic) bond motifs is 1. The summed E-state index contributed by atoms with van der Waals surface area (Å²) in [5, 5.41) is 0. The Bertz CT molecular complexity index is 557. The number of rotatable bonds is 3. The molecule has 0 unspecified atom stereocenters. The highest BCUT2D eigenvalue weighted by atomic mass is 35.5. The molecule has 0 aliphatic carbocycles. The summed E-state index contributed by atoms with van der Waals surface area (Å²) in [5.41, 5.74) is 2.28. The molecule has 17 heavy (non-hydrogen) atoms. The molecule has 2 aromatic rings. The minimum Gasteiger partial charge on any atom is -0.462 e. The molecule has 0 aliphatic heterocycles. The molecule has 0 fully saturated rings. The summed E-state index contributed by atoms with van der Waals surface area (Å²) in [6.45, 7) is 2.08. The van der Waals surface area contributed by atoms with Gasteiger partial charge in [-0.1, -0.05) is 0 Å². The highest BCUT2D eigenvalue weighted by Gasteiger charge is 2.14. The Morgan fingerprint density at radius 2 is 2.29 bits per heavy atom. The van der Waals surface area contributed by atoms with Crippen LogP contribution in [0.3, 0.4) is 0 Å². The van der Waals surface area contributed by atoms with Gasteiger partial charge in [-0.05, 0) is 25.1 Å². The summed E-state index contributed by atoms with van der Waals surface area (Å²) in [4.78, 5) is 20.2. The van der Waals surface area contributed by atoms with Gasteiger partial charge in [-0.15, -0.1) is 11.6 Å². The van der Waals surface area contributed by atoms with Gasteiger partial charge in [0.2, 0.25) is 0 Å². The zero-order chi connectivity index (χ0) is 12.3. The van der Waals surface area contributed by atoms with Crippen LogP contribution >= 0.6 is 11.6 Å². The van der Waals surface area contributed by atoms with Crippen molar-refractivity contribution < 1.29 is 9.53 Å². The molecule has 0 aromatic carbocycles. The number of halogens is 1. The maximum absolute atomic E-state index is 11.7. The Kier molecular flexibility index (Phi) is 3.54. The molecule has 0 bridgehead atoms. The van der Waals surface area contributed by atoms with E-state index in [4.69, 9.17) is 16.3 Å². The molecule has 2 aromatic heterocycles. The summed E-state index contributed by atoms with van der Waals surface area (Å²) in [5.74, 6) is -0.248. The molecule has 0 spiro atoms. The molecule has 0 N–H and O–H groups in total. The monoisotopic (exact) mass is 250 g/mol. The van der Waals surface area contributed by atoms with Crippen molar-refractivity contribution in [2.75, 3.05) is 6.61 Å². The predicted octanol–water partition coefficient (Wildman–Crippen LogP) is 2.55. The molecule has 5 heteroatoms. The number of hydrogen-bond donors (Lipinski definition) is 0. The highest BCUT2D eigenvalue weighted by molar-refractivity contribution is 6.17. The molecular formula is C12H11ClN2O2. The smallest absolute Gasteiger partial charge is 0.340 e. The van der Waals surface area contributed by atoms with E-state index in [1.54, 1.807) is 25.3 Å². The van der Waals surface area contributed by atoms with Gasteiger partial charge in [-0.3, -0.25) is 4.98 Å². The average molecular weight is 251 g/mol. The van der Waals surface area contributed by atoms with Crippen LogP contribution in [0.25, 0.3) is 11.0 Å². The van der Waals surface area contributed by atoms with Gasteiger partial charge in [-0.25, -0.2) is 9.78 Å². The van der Waals surface area contributed by atoms with Crippen LogP contribution in [0.5, 0.6) is 0 Å². The first-order valence-corrected chi connectivity index (χ1v) is 5.77. The quantitative estimate of drug-likeness (QED) is 0.621. The third kappa shape index (κ3) is 2.36. The van der Waals surface area contributed by atoms with E-state index in [0.29, 0.717) is 23.4 Å². The van der Waals surface area contributed by atoms with E-state index in [-0.39, 0.29) is 5.88 Å². The lowest BCUT2D eigenvalue weighted by Gasteiger charge is -2.07. The van der Waals surface area contributed by atoms with E-state index in [1.807, 2.05) is 6.07 Å². The van der Waals surface area contributed by atoms with E-state index in [9.17, 15) is 4.79 Å². The number of hydrogen-bond acceptors (Lipinski definition) is 4. The fourth-order valence-electron chi connectivity index (χ4n) is 1.53. The van der Waals surface area contributed by atoms with Crippen molar-refractivity contribution in [1.29, 1.82) is 0 Å². The van der Waals surface area contributed by atoms with Crippen LogP contribution in [0.15, 0.2) is 24.4 Å². The van der Waals surface area contributed by atoms with Crippen molar-refractivity contribution in [2.24, 2.45) is 0 Å². The first kappa shape index (κ1) is 11.8. The molecule has 0 aliphatic rings. The van der Waals surface area contributed by atoms with Gasteiger partial charge < -0.3 is 4.74 Å². The molecule has 0 atom stereocenters. The lowest BCUT2D eigenvalue weighted by molar-refractivity contribution is 0.0525. The summed E-state index contributed by atoms with van der Waals surface area (Å²) in [6.07, 6.45) is 1.65. The first-order chi connectivity index (χ1) is 8.26. The Balaban J connectivity index is 2.56. The Morgan fingerprint density at radius 3 is 3.00 bits per heavy atom. The number of carbonyl (C=O) groups is 1. The third-order valence-corrected chi connectivity index (χ3v) is 2.54. The van der Waals surface area contributed by atoms with Crippen LogP contribution in [0.4, 0.5) is 0 Å². The normalized spacial score (nSPS) is 10.5. The maximum atomic E-state index is 11.7. The van der Waals surface area contributed by atoms with Crippen molar-refractivity contribution in [3.63, 3.8) is 0 Å². The zero-order valence-electron chi connectivity index (χ0n) is 9.31. The van der Waals surface area contributed by atoms with Gasteiger partial charge in [0.05, 0.1) is 34.8 Å². The summed E-state index contributed by atoms with van der Waals surface area (Å²) < 4.78 is 4.95. The van der Waals surface area contributed by atoms with E-state index < -0.39 is 5.97 Å². The molecule has 2 heterocycles. The van der Waals surface area contributed by atoms with Crippen molar-refractivity contribution in [1.82, 2.24) is 9.97 Å². The number of esters is 1. The van der Waals surface area contributed by atoms with Crippen molar-refractivity contribution >= 4 is 28.6 Å². The fourth-order valence-corrected chi connectivity index (χ4v) is 1.73. The minimum atomic E-state index is -0.414. The molecular weight excluding hydrogens is 240 g/mol. The van der Waals surface area contributed by atoms with Crippen molar-refractivity contribution in [3.8, 4) is 0 Å². The van der Waals surface area contributed by atoms with Crippen LogP contribution in [-0.2, 0) is 10.6 Å². The summed E-state index contributed by atoms with van der Waals surface area (Å²) in [7, 11) is 0. The molecule has 88 valence electrons. The van der Waals surface area contributed by atoms with Crippen LogP contribution in [0.1, 0.15) is 23.0 Å². The maximum Gasteiger partial charge on any atom is 0.340 e. The largest absolute Gasteiger partial charge is 0.462 e. The fraction of sp³-hybridized carbons (Fsp3) is 0.250. The minimum absolute atomic E-state index is 0.166. The molecule has 0 radical (unpaired) electrons. The number of ether oxygens (including phenoxy) is 1. The molecule has 0 saturated heterocycles. The molecule has 2 rings (SSSR count).